The zero-order valence-electron chi connectivity index (χ0n) is 13.2. The normalized spacial score (nSPS) is 12.6. The Morgan fingerprint density at radius 3 is 2.19 bits per heavy atom. The minimum atomic E-state index is -0.278. The molecule has 0 aliphatic carbocycles. The number of carbonyl (C=O) groups excluding carboxylic acids is 2. The van der Waals surface area contributed by atoms with E-state index < -0.39 is 0 Å². The molecule has 21 heavy (non-hydrogen) atoms. The van der Waals surface area contributed by atoms with Gasteiger partial charge < -0.3 is 16.4 Å². The summed E-state index contributed by atoms with van der Waals surface area (Å²) in [5.74, 6) is -0.408. The fourth-order valence-corrected chi connectivity index (χ4v) is 1.82. The Labute approximate surface area is 126 Å². The Kier molecular flexibility index (Phi) is 5.90. The van der Waals surface area contributed by atoms with E-state index in [0.29, 0.717) is 24.2 Å². The summed E-state index contributed by atoms with van der Waals surface area (Å²) in [6.45, 7) is 8.04. The fourth-order valence-electron chi connectivity index (χ4n) is 1.82. The zero-order chi connectivity index (χ0) is 16.0. The van der Waals surface area contributed by atoms with Crippen molar-refractivity contribution in [2.75, 3.05) is 11.9 Å². The molecule has 1 aromatic rings. The summed E-state index contributed by atoms with van der Waals surface area (Å²) in [5, 5.41) is 5.70. The van der Waals surface area contributed by atoms with Crippen molar-refractivity contribution in [3.63, 3.8) is 0 Å². The van der Waals surface area contributed by atoms with Gasteiger partial charge in [-0.2, -0.15) is 0 Å². The van der Waals surface area contributed by atoms with Crippen molar-refractivity contribution in [1.82, 2.24) is 5.32 Å². The summed E-state index contributed by atoms with van der Waals surface area (Å²) in [7, 11) is 0. The minimum Gasteiger partial charge on any atom is -0.347 e. The van der Waals surface area contributed by atoms with Gasteiger partial charge >= 0.3 is 0 Å². The van der Waals surface area contributed by atoms with E-state index in [2.05, 4.69) is 10.6 Å². The maximum absolute atomic E-state index is 12.0. The lowest BCUT2D eigenvalue weighted by atomic mass is 10.1. The van der Waals surface area contributed by atoms with Crippen LogP contribution in [-0.4, -0.2) is 23.9 Å². The monoisotopic (exact) mass is 291 g/mol. The van der Waals surface area contributed by atoms with Gasteiger partial charge in [0.1, 0.15) is 0 Å². The number of carbonyl (C=O) groups is 2. The van der Waals surface area contributed by atoms with E-state index in [1.54, 1.807) is 24.3 Å². The van der Waals surface area contributed by atoms with Crippen LogP contribution in [0, 0.1) is 5.92 Å². The van der Waals surface area contributed by atoms with E-state index >= 15 is 0 Å². The van der Waals surface area contributed by atoms with Crippen molar-refractivity contribution in [2.24, 2.45) is 11.7 Å². The van der Waals surface area contributed by atoms with Crippen molar-refractivity contribution in [3.8, 4) is 0 Å². The van der Waals surface area contributed by atoms with Crippen LogP contribution in [0.4, 0.5) is 5.69 Å². The van der Waals surface area contributed by atoms with Gasteiger partial charge in [-0.25, -0.2) is 0 Å². The Morgan fingerprint density at radius 2 is 1.76 bits per heavy atom. The second-order valence-corrected chi connectivity index (χ2v) is 6.11. The average molecular weight is 291 g/mol. The molecule has 4 N–H and O–H groups in total. The molecule has 0 bridgehead atoms. The van der Waals surface area contributed by atoms with Crippen molar-refractivity contribution in [2.45, 2.75) is 39.7 Å². The van der Waals surface area contributed by atoms with Crippen LogP contribution in [0.3, 0.4) is 0 Å². The first-order valence-electron chi connectivity index (χ1n) is 7.20. The quantitative estimate of drug-likeness (QED) is 0.777. The first kappa shape index (κ1) is 17.2. The van der Waals surface area contributed by atoms with Crippen LogP contribution >= 0.6 is 0 Å². The van der Waals surface area contributed by atoms with E-state index in [1.165, 1.54) is 0 Å². The third-order valence-corrected chi connectivity index (χ3v) is 3.05. The van der Waals surface area contributed by atoms with Gasteiger partial charge in [-0.1, -0.05) is 6.92 Å². The van der Waals surface area contributed by atoms with Crippen LogP contribution < -0.4 is 16.4 Å². The molecule has 0 spiro atoms. The lowest BCUT2D eigenvalue weighted by Gasteiger charge is -2.20. The predicted molar refractivity (Wildman–Crippen MR) is 85.1 cm³/mol. The smallest absolute Gasteiger partial charge is 0.251 e. The molecule has 5 nitrogen and oxygen atoms in total. The third-order valence-electron chi connectivity index (χ3n) is 3.05. The highest BCUT2D eigenvalue weighted by Gasteiger charge is 2.16. The van der Waals surface area contributed by atoms with Crippen LogP contribution in [0.1, 0.15) is 44.5 Å². The van der Waals surface area contributed by atoms with E-state index in [-0.39, 0.29) is 23.3 Å². The van der Waals surface area contributed by atoms with E-state index in [9.17, 15) is 9.59 Å². The molecule has 0 aliphatic rings. The molecule has 0 fully saturated rings. The molecule has 0 radical (unpaired) electrons. The van der Waals surface area contributed by atoms with Crippen LogP contribution in [-0.2, 0) is 4.79 Å². The molecule has 0 heterocycles. The van der Waals surface area contributed by atoms with Gasteiger partial charge in [0.25, 0.3) is 5.91 Å². The van der Waals surface area contributed by atoms with E-state index in [4.69, 9.17) is 5.73 Å². The van der Waals surface area contributed by atoms with Crippen LogP contribution in [0.25, 0.3) is 0 Å². The zero-order valence-corrected chi connectivity index (χ0v) is 13.2. The highest BCUT2D eigenvalue weighted by molar-refractivity contribution is 5.96. The number of nitrogens with one attached hydrogen (secondary N) is 2. The van der Waals surface area contributed by atoms with Gasteiger partial charge in [0.05, 0.1) is 5.92 Å². The van der Waals surface area contributed by atoms with Gasteiger partial charge in [-0.05, 0) is 51.5 Å². The van der Waals surface area contributed by atoms with Gasteiger partial charge in [0.15, 0.2) is 0 Å². The van der Waals surface area contributed by atoms with Crippen LogP contribution in [0.5, 0.6) is 0 Å². The molecule has 116 valence electrons. The highest BCUT2D eigenvalue weighted by atomic mass is 16.2. The Balaban J connectivity index is 2.70. The number of anilines is 1. The number of nitrogens with two attached hydrogens (primary N) is 1. The summed E-state index contributed by atoms with van der Waals surface area (Å²) in [4.78, 5) is 23.9. The highest BCUT2D eigenvalue weighted by Crippen LogP contribution is 2.13. The van der Waals surface area contributed by atoms with Crippen LogP contribution in [0.15, 0.2) is 24.3 Å². The molecule has 0 aromatic heterocycles. The van der Waals surface area contributed by atoms with Gasteiger partial charge in [-0.3, -0.25) is 9.59 Å². The topological polar surface area (TPSA) is 84.2 Å². The standard InChI is InChI=1S/C16H25N3O2/c1-5-11(10-17)14(20)18-13-8-6-12(7-9-13)15(21)19-16(2,3)4/h6-9,11H,5,10,17H2,1-4H3,(H,18,20)(H,19,21). The number of rotatable bonds is 5. The SMILES string of the molecule is CCC(CN)C(=O)Nc1ccc(C(=O)NC(C)(C)C)cc1. The molecule has 1 unspecified atom stereocenters. The number of hydrogen-bond donors (Lipinski definition) is 3. The Bertz CT molecular complexity index is 485. The number of benzene rings is 1. The fraction of sp³-hybridized carbons (Fsp3) is 0.500. The first-order chi connectivity index (χ1) is 9.76. The third kappa shape index (κ3) is 5.55. The summed E-state index contributed by atoms with van der Waals surface area (Å²) in [6.07, 6.45) is 0.703. The summed E-state index contributed by atoms with van der Waals surface area (Å²) >= 11 is 0. The molecule has 1 rings (SSSR count). The number of amides is 2. The molecule has 1 aromatic carbocycles. The van der Waals surface area contributed by atoms with Crippen molar-refractivity contribution < 1.29 is 9.59 Å². The van der Waals surface area contributed by atoms with E-state index in [1.807, 2.05) is 27.7 Å². The van der Waals surface area contributed by atoms with E-state index in [0.717, 1.165) is 0 Å². The minimum absolute atomic E-state index is 0.0908. The van der Waals surface area contributed by atoms with Gasteiger partial charge in [0.2, 0.25) is 5.91 Å². The molecule has 5 heteroatoms. The van der Waals surface area contributed by atoms with Crippen molar-refractivity contribution in [3.05, 3.63) is 29.8 Å². The molecule has 0 saturated carbocycles. The number of hydrogen-bond acceptors (Lipinski definition) is 3. The molecular weight excluding hydrogens is 266 g/mol. The van der Waals surface area contributed by atoms with Crippen molar-refractivity contribution >= 4 is 17.5 Å². The van der Waals surface area contributed by atoms with Crippen molar-refractivity contribution in [1.29, 1.82) is 0 Å². The largest absolute Gasteiger partial charge is 0.347 e. The second-order valence-electron chi connectivity index (χ2n) is 6.11. The molecule has 2 amide bonds. The molecule has 1 atom stereocenters. The maximum Gasteiger partial charge on any atom is 0.251 e. The average Bonchev–Trinajstić information content (AvgIpc) is 2.39. The van der Waals surface area contributed by atoms with Gasteiger partial charge in [-0.15, -0.1) is 0 Å². The summed E-state index contributed by atoms with van der Waals surface area (Å²) in [5.41, 5.74) is 6.50. The molecule has 0 aliphatic heterocycles. The summed E-state index contributed by atoms with van der Waals surface area (Å²) in [6, 6.07) is 6.83. The molecular formula is C16H25N3O2. The maximum atomic E-state index is 12.0. The Morgan fingerprint density at radius 1 is 1.19 bits per heavy atom. The summed E-state index contributed by atoms with van der Waals surface area (Å²) < 4.78 is 0. The van der Waals surface area contributed by atoms with Crippen LogP contribution in [0.2, 0.25) is 0 Å². The lowest BCUT2D eigenvalue weighted by Crippen LogP contribution is -2.40. The Hall–Kier alpha value is -1.88. The first-order valence-corrected chi connectivity index (χ1v) is 7.20. The molecule has 0 saturated heterocycles. The lowest BCUT2D eigenvalue weighted by molar-refractivity contribution is -0.119. The second kappa shape index (κ2) is 7.22. The van der Waals surface area contributed by atoms with Gasteiger partial charge in [0, 0.05) is 23.3 Å². The predicted octanol–water partition coefficient (Wildman–Crippen LogP) is 2.14.